The number of carbonyl (C=O) groups excluding carboxylic acids is 1. The van der Waals surface area contributed by atoms with E-state index in [2.05, 4.69) is 0 Å². The van der Waals surface area contributed by atoms with Gasteiger partial charge in [-0.05, 0) is 17.7 Å². The number of rotatable bonds is 6. The number of fused-ring (bicyclic) bond motifs is 2. The lowest BCUT2D eigenvalue weighted by molar-refractivity contribution is 0.0601. The summed E-state index contributed by atoms with van der Waals surface area (Å²) in [5, 5.41) is 0. The number of carbonyl (C=O) groups is 1. The van der Waals surface area contributed by atoms with E-state index in [1.54, 1.807) is 19.2 Å². The average Bonchev–Trinajstić information content (AvgIpc) is 3.42. The van der Waals surface area contributed by atoms with Crippen molar-refractivity contribution in [2.45, 2.75) is 6.61 Å². The van der Waals surface area contributed by atoms with E-state index in [0.29, 0.717) is 51.2 Å². The molecular formula is C20H20O9. The summed E-state index contributed by atoms with van der Waals surface area (Å²) in [5.74, 6) is 1.88. The van der Waals surface area contributed by atoms with Gasteiger partial charge in [-0.15, -0.1) is 0 Å². The molecule has 0 radical (unpaired) electrons. The van der Waals surface area contributed by atoms with E-state index in [4.69, 9.17) is 37.9 Å². The molecule has 2 aliphatic rings. The first-order chi connectivity index (χ1) is 14.1. The van der Waals surface area contributed by atoms with E-state index in [1.807, 2.05) is 0 Å². The number of esters is 1. The number of hydrogen-bond donors (Lipinski definition) is 0. The minimum absolute atomic E-state index is 0.0123. The largest absolute Gasteiger partial charge is 0.493 e. The van der Waals surface area contributed by atoms with Crippen LogP contribution in [0.4, 0.5) is 0 Å². The van der Waals surface area contributed by atoms with Crippen LogP contribution in [0.25, 0.3) is 11.1 Å². The standard InChI is InChI=1S/C20H20O9/c1-22-7-10-5-12(23-2)16-18(28-8-26-16)14(10)15-11(20(21)25-4)6-13(24-3)17-19(15)29-9-27-17/h5-6H,7-9H2,1-4H3. The molecule has 2 aromatic rings. The maximum atomic E-state index is 12.7. The van der Waals surface area contributed by atoms with E-state index in [-0.39, 0.29) is 25.8 Å². The molecule has 0 saturated heterocycles. The average molecular weight is 404 g/mol. The van der Waals surface area contributed by atoms with Gasteiger partial charge in [-0.25, -0.2) is 4.79 Å². The lowest BCUT2D eigenvalue weighted by Gasteiger charge is -2.19. The molecule has 154 valence electrons. The van der Waals surface area contributed by atoms with Crippen molar-refractivity contribution in [2.24, 2.45) is 0 Å². The number of benzene rings is 2. The summed E-state index contributed by atoms with van der Waals surface area (Å²) in [5.41, 5.74) is 1.96. The van der Waals surface area contributed by atoms with Crippen molar-refractivity contribution in [2.75, 3.05) is 42.0 Å². The summed E-state index contributed by atoms with van der Waals surface area (Å²) in [6, 6.07) is 3.33. The van der Waals surface area contributed by atoms with Crippen LogP contribution in [-0.4, -0.2) is 48.0 Å². The molecule has 4 rings (SSSR count). The maximum absolute atomic E-state index is 12.7. The minimum Gasteiger partial charge on any atom is -0.493 e. The maximum Gasteiger partial charge on any atom is 0.338 e. The molecule has 29 heavy (non-hydrogen) atoms. The third-order valence-electron chi connectivity index (χ3n) is 4.69. The Morgan fingerprint density at radius 2 is 1.38 bits per heavy atom. The lowest BCUT2D eigenvalue weighted by Crippen LogP contribution is -2.07. The predicted molar refractivity (Wildman–Crippen MR) is 99.3 cm³/mol. The summed E-state index contributed by atoms with van der Waals surface area (Å²) in [6.07, 6.45) is 0. The van der Waals surface area contributed by atoms with Crippen LogP contribution in [0, 0.1) is 0 Å². The van der Waals surface area contributed by atoms with Crippen molar-refractivity contribution in [3.8, 4) is 45.6 Å². The molecule has 0 fully saturated rings. The first-order valence-electron chi connectivity index (χ1n) is 8.72. The Hall–Kier alpha value is -3.33. The highest BCUT2D eigenvalue weighted by atomic mass is 16.7. The third kappa shape index (κ3) is 2.94. The van der Waals surface area contributed by atoms with Gasteiger partial charge in [0.25, 0.3) is 0 Å². The molecule has 9 heteroatoms. The van der Waals surface area contributed by atoms with Gasteiger partial charge in [-0.2, -0.15) is 0 Å². The van der Waals surface area contributed by atoms with Crippen molar-refractivity contribution in [3.05, 3.63) is 23.3 Å². The number of methoxy groups -OCH3 is 4. The van der Waals surface area contributed by atoms with Gasteiger partial charge in [0.1, 0.15) is 0 Å². The highest BCUT2D eigenvalue weighted by Gasteiger charge is 2.36. The molecule has 0 atom stereocenters. The lowest BCUT2D eigenvalue weighted by atomic mass is 9.92. The van der Waals surface area contributed by atoms with Crippen molar-refractivity contribution in [1.29, 1.82) is 0 Å². The van der Waals surface area contributed by atoms with E-state index in [1.165, 1.54) is 21.3 Å². The molecule has 0 aliphatic carbocycles. The fourth-order valence-electron chi connectivity index (χ4n) is 3.49. The summed E-state index contributed by atoms with van der Waals surface area (Å²) in [4.78, 5) is 12.7. The molecule has 0 unspecified atom stereocenters. The zero-order valence-corrected chi connectivity index (χ0v) is 16.5. The van der Waals surface area contributed by atoms with Crippen LogP contribution in [-0.2, 0) is 16.1 Å². The van der Waals surface area contributed by atoms with E-state index in [9.17, 15) is 4.79 Å². The van der Waals surface area contributed by atoms with Crippen molar-refractivity contribution in [1.82, 2.24) is 0 Å². The van der Waals surface area contributed by atoms with Crippen LogP contribution in [0.2, 0.25) is 0 Å². The summed E-state index contributed by atoms with van der Waals surface area (Å²) in [7, 11) is 5.89. The topological polar surface area (TPSA) is 90.9 Å². The van der Waals surface area contributed by atoms with Crippen LogP contribution in [0.1, 0.15) is 15.9 Å². The summed E-state index contributed by atoms with van der Waals surface area (Å²) >= 11 is 0. The number of hydrogen-bond acceptors (Lipinski definition) is 9. The van der Waals surface area contributed by atoms with E-state index >= 15 is 0 Å². The summed E-state index contributed by atoms with van der Waals surface area (Å²) < 4.78 is 43.9. The van der Waals surface area contributed by atoms with Gasteiger partial charge in [0.05, 0.1) is 33.5 Å². The van der Waals surface area contributed by atoms with Gasteiger partial charge in [0.15, 0.2) is 23.0 Å². The monoisotopic (exact) mass is 404 g/mol. The van der Waals surface area contributed by atoms with E-state index < -0.39 is 5.97 Å². The molecule has 2 aromatic carbocycles. The van der Waals surface area contributed by atoms with Gasteiger partial charge in [-0.3, -0.25) is 0 Å². The Morgan fingerprint density at radius 1 is 0.828 bits per heavy atom. The molecule has 2 aliphatic heterocycles. The van der Waals surface area contributed by atoms with Crippen LogP contribution < -0.4 is 28.4 Å². The Morgan fingerprint density at radius 3 is 1.93 bits per heavy atom. The van der Waals surface area contributed by atoms with Crippen LogP contribution in [0.3, 0.4) is 0 Å². The Balaban J connectivity index is 2.09. The predicted octanol–water partition coefficient (Wildman–Crippen LogP) is 2.76. The van der Waals surface area contributed by atoms with Gasteiger partial charge < -0.3 is 37.9 Å². The molecule has 2 heterocycles. The second kappa shape index (κ2) is 7.59. The Bertz CT molecular complexity index is 967. The van der Waals surface area contributed by atoms with Gasteiger partial charge >= 0.3 is 5.97 Å². The zero-order chi connectivity index (χ0) is 20.5. The second-order valence-corrected chi connectivity index (χ2v) is 6.17. The van der Waals surface area contributed by atoms with Crippen LogP contribution in [0.5, 0.6) is 34.5 Å². The van der Waals surface area contributed by atoms with Crippen molar-refractivity contribution in [3.63, 3.8) is 0 Å². The third-order valence-corrected chi connectivity index (χ3v) is 4.69. The fraction of sp³-hybridized carbons (Fsp3) is 0.350. The molecule has 9 nitrogen and oxygen atoms in total. The highest BCUT2D eigenvalue weighted by Crippen LogP contribution is 2.56. The summed E-state index contributed by atoms with van der Waals surface area (Å²) in [6.45, 7) is 0.224. The highest BCUT2D eigenvalue weighted by molar-refractivity contribution is 6.03. The number of ether oxygens (including phenoxy) is 8. The van der Waals surface area contributed by atoms with Crippen LogP contribution in [0.15, 0.2) is 12.1 Å². The Labute approximate surface area is 166 Å². The quantitative estimate of drug-likeness (QED) is 0.674. The second-order valence-electron chi connectivity index (χ2n) is 6.17. The molecular weight excluding hydrogens is 384 g/mol. The SMILES string of the molecule is COCc1cc(OC)c2c(c1-c1c(C(=O)OC)cc(OC)c3c1OCO3)OCO2. The molecule has 0 aromatic heterocycles. The van der Waals surface area contributed by atoms with Crippen LogP contribution >= 0.6 is 0 Å². The molecule has 0 saturated carbocycles. The van der Waals surface area contributed by atoms with Gasteiger partial charge in [-0.1, -0.05) is 0 Å². The first kappa shape index (κ1) is 19.0. The molecule has 0 bridgehead atoms. The fourth-order valence-corrected chi connectivity index (χ4v) is 3.49. The van der Waals surface area contributed by atoms with Gasteiger partial charge in [0.2, 0.25) is 25.1 Å². The van der Waals surface area contributed by atoms with Gasteiger partial charge in [0, 0.05) is 18.2 Å². The first-order valence-corrected chi connectivity index (χ1v) is 8.72. The van der Waals surface area contributed by atoms with E-state index in [0.717, 1.165) is 0 Å². The smallest absolute Gasteiger partial charge is 0.338 e. The molecule has 0 spiro atoms. The molecule has 0 N–H and O–H groups in total. The minimum atomic E-state index is -0.566. The van der Waals surface area contributed by atoms with Crippen molar-refractivity contribution < 1.29 is 42.7 Å². The van der Waals surface area contributed by atoms with Crippen molar-refractivity contribution >= 4 is 5.97 Å². The normalized spacial score (nSPS) is 13.4. The molecule has 0 amide bonds. The Kier molecular flexibility index (Phi) is 4.98. The zero-order valence-electron chi connectivity index (χ0n) is 16.5.